The molecule has 0 spiro atoms. The first kappa shape index (κ1) is 18.1. The predicted octanol–water partition coefficient (Wildman–Crippen LogP) is 8.61. The molecule has 5 aromatic rings. The van der Waals surface area contributed by atoms with Gasteiger partial charge in [0.2, 0.25) is 0 Å². The maximum atomic E-state index is 4.16. The average Bonchev–Trinajstić information content (AvgIpc) is 2.82. The standard InChI is InChI=1S/C30H22/c1-3-21-19-20-27-28(22-13-7-5-8-14-22)25-17-11-12-18-26(25)29(30(27)24(21)4-2)23-15-9-6-10-16-23/h3-20H,1-2H2. The Morgan fingerprint density at radius 1 is 0.467 bits per heavy atom. The summed E-state index contributed by atoms with van der Waals surface area (Å²) in [6, 6.07) is 34.4. The molecule has 0 N–H and O–H groups in total. The second-order valence-corrected chi connectivity index (χ2v) is 7.43. The smallest absolute Gasteiger partial charge is 0.00143 e. The van der Waals surface area contributed by atoms with Crippen molar-refractivity contribution in [1.82, 2.24) is 0 Å². The van der Waals surface area contributed by atoms with Crippen LogP contribution in [-0.2, 0) is 0 Å². The van der Waals surface area contributed by atoms with E-state index in [9.17, 15) is 0 Å². The van der Waals surface area contributed by atoms with Crippen LogP contribution in [0.2, 0.25) is 0 Å². The van der Waals surface area contributed by atoms with E-state index in [1.54, 1.807) is 0 Å². The molecule has 0 heteroatoms. The fraction of sp³-hybridized carbons (Fsp3) is 0. The van der Waals surface area contributed by atoms with E-state index in [1.807, 2.05) is 12.2 Å². The molecule has 0 saturated carbocycles. The van der Waals surface area contributed by atoms with Crippen molar-refractivity contribution in [2.24, 2.45) is 0 Å². The van der Waals surface area contributed by atoms with Crippen molar-refractivity contribution < 1.29 is 0 Å². The van der Waals surface area contributed by atoms with Gasteiger partial charge in [0.05, 0.1) is 0 Å². The largest absolute Gasteiger partial charge is 0.0984 e. The van der Waals surface area contributed by atoms with E-state index in [0.29, 0.717) is 0 Å². The fourth-order valence-electron chi connectivity index (χ4n) is 4.53. The highest BCUT2D eigenvalue weighted by Gasteiger charge is 2.18. The monoisotopic (exact) mass is 382 g/mol. The summed E-state index contributed by atoms with van der Waals surface area (Å²) in [6.45, 7) is 8.20. The first-order valence-electron chi connectivity index (χ1n) is 10.2. The molecule has 0 atom stereocenters. The molecular formula is C30H22. The van der Waals surface area contributed by atoms with Crippen molar-refractivity contribution in [2.45, 2.75) is 0 Å². The molecule has 0 saturated heterocycles. The summed E-state index contributed by atoms with van der Waals surface area (Å²) in [4.78, 5) is 0. The Bertz CT molecular complexity index is 1390. The van der Waals surface area contributed by atoms with Crippen LogP contribution in [0.15, 0.2) is 110 Å². The quantitative estimate of drug-likeness (QED) is 0.273. The molecule has 0 unspecified atom stereocenters. The Labute approximate surface area is 177 Å². The van der Waals surface area contributed by atoms with E-state index in [4.69, 9.17) is 0 Å². The van der Waals surface area contributed by atoms with E-state index in [1.165, 1.54) is 43.8 Å². The molecule has 0 aliphatic carbocycles. The van der Waals surface area contributed by atoms with Gasteiger partial charge < -0.3 is 0 Å². The lowest BCUT2D eigenvalue weighted by Gasteiger charge is -2.20. The van der Waals surface area contributed by atoms with Crippen LogP contribution in [0, 0.1) is 0 Å². The van der Waals surface area contributed by atoms with Crippen LogP contribution in [0.4, 0.5) is 0 Å². The summed E-state index contributed by atoms with van der Waals surface area (Å²) in [5.74, 6) is 0. The van der Waals surface area contributed by atoms with Crippen LogP contribution < -0.4 is 0 Å². The fourth-order valence-corrected chi connectivity index (χ4v) is 4.53. The summed E-state index contributed by atoms with van der Waals surface area (Å²) in [6.07, 6.45) is 3.89. The van der Waals surface area contributed by atoms with Crippen LogP contribution in [0.1, 0.15) is 11.1 Å². The minimum absolute atomic E-state index is 1.10. The zero-order valence-electron chi connectivity index (χ0n) is 16.8. The number of benzene rings is 5. The minimum atomic E-state index is 1.10. The van der Waals surface area contributed by atoms with Crippen molar-refractivity contribution >= 4 is 33.7 Å². The molecule has 0 amide bonds. The van der Waals surface area contributed by atoms with Crippen LogP contribution in [-0.4, -0.2) is 0 Å². The average molecular weight is 383 g/mol. The lowest BCUT2D eigenvalue weighted by Crippen LogP contribution is -1.94. The third-order valence-electron chi connectivity index (χ3n) is 5.81. The molecule has 0 fully saturated rings. The van der Waals surface area contributed by atoms with Crippen molar-refractivity contribution in [2.75, 3.05) is 0 Å². The van der Waals surface area contributed by atoms with Gasteiger partial charge in [0.15, 0.2) is 0 Å². The highest BCUT2D eigenvalue weighted by atomic mass is 14.2. The first-order valence-corrected chi connectivity index (χ1v) is 10.2. The molecule has 0 aliphatic heterocycles. The summed E-state index contributed by atoms with van der Waals surface area (Å²) in [7, 11) is 0. The molecular weight excluding hydrogens is 360 g/mol. The van der Waals surface area contributed by atoms with Crippen molar-refractivity contribution in [3.8, 4) is 22.3 Å². The number of hydrogen-bond acceptors (Lipinski definition) is 0. The van der Waals surface area contributed by atoms with Crippen LogP contribution in [0.25, 0.3) is 56.0 Å². The van der Waals surface area contributed by atoms with Crippen molar-refractivity contribution in [3.05, 3.63) is 121 Å². The summed E-state index contributed by atoms with van der Waals surface area (Å²) < 4.78 is 0. The van der Waals surface area contributed by atoms with Crippen molar-refractivity contribution in [3.63, 3.8) is 0 Å². The van der Waals surface area contributed by atoms with E-state index in [-0.39, 0.29) is 0 Å². The summed E-state index contributed by atoms with van der Waals surface area (Å²) >= 11 is 0. The van der Waals surface area contributed by atoms with E-state index in [0.717, 1.165) is 11.1 Å². The van der Waals surface area contributed by atoms with Gasteiger partial charge in [0, 0.05) is 0 Å². The zero-order chi connectivity index (χ0) is 20.5. The normalized spacial score (nSPS) is 10.9. The Morgan fingerprint density at radius 2 is 1.00 bits per heavy atom. The Kier molecular flexibility index (Phi) is 4.53. The Morgan fingerprint density at radius 3 is 1.57 bits per heavy atom. The summed E-state index contributed by atoms with van der Waals surface area (Å²) in [5, 5.41) is 4.97. The predicted molar refractivity (Wildman–Crippen MR) is 133 cm³/mol. The Hall–Kier alpha value is -3.90. The molecule has 0 radical (unpaired) electrons. The highest BCUT2D eigenvalue weighted by molar-refractivity contribution is 6.23. The maximum absolute atomic E-state index is 4.16. The maximum Gasteiger partial charge on any atom is -0.00143 e. The summed E-state index contributed by atoms with van der Waals surface area (Å²) in [5.41, 5.74) is 7.18. The van der Waals surface area contributed by atoms with Gasteiger partial charge in [-0.2, -0.15) is 0 Å². The molecule has 0 nitrogen and oxygen atoms in total. The number of hydrogen-bond donors (Lipinski definition) is 0. The molecule has 0 bridgehead atoms. The molecule has 5 rings (SSSR count). The van der Waals surface area contributed by atoms with Gasteiger partial charge in [-0.15, -0.1) is 0 Å². The number of rotatable bonds is 4. The van der Waals surface area contributed by atoms with Gasteiger partial charge in [-0.25, -0.2) is 0 Å². The topological polar surface area (TPSA) is 0 Å². The van der Waals surface area contributed by atoms with Gasteiger partial charge in [-0.3, -0.25) is 0 Å². The van der Waals surface area contributed by atoms with E-state index < -0.39 is 0 Å². The molecule has 5 aromatic carbocycles. The third kappa shape index (κ3) is 2.77. The van der Waals surface area contributed by atoms with Crippen molar-refractivity contribution in [1.29, 1.82) is 0 Å². The van der Waals surface area contributed by atoms with Gasteiger partial charge >= 0.3 is 0 Å². The molecule has 0 aromatic heterocycles. The van der Waals surface area contributed by atoms with Crippen LogP contribution >= 0.6 is 0 Å². The Balaban J connectivity index is 2.10. The lowest BCUT2D eigenvalue weighted by molar-refractivity contribution is 1.63. The zero-order valence-corrected chi connectivity index (χ0v) is 16.8. The van der Waals surface area contributed by atoms with E-state index in [2.05, 4.69) is 110 Å². The SMILES string of the molecule is C=Cc1ccc2c(-c3ccccc3)c3ccccc3c(-c3ccccc3)c2c1C=C. The molecule has 0 heterocycles. The molecule has 30 heavy (non-hydrogen) atoms. The second kappa shape index (κ2) is 7.50. The van der Waals surface area contributed by atoms with Gasteiger partial charge in [0.1, 0.15) is 0 Å². The lowest BCUT2D eigenvalue weighted by atomic mass is 9.83. The van der Waals surface area contributed by atoms with Gasteiger partial charge in [0.25, 0.3) is 0 Å². The second-order valence-electron chi connectivity index (χ2n) is 7.43. The van der Waals surface area contributed by atoms with Crippen LogP contribution in [0.3, 0.4) is 0 Å². The highest BCUT2D eigenvalue weighted by Crippen LogP contribution is 2.45. The first-order chi connectivity index (χ1) is 14.8. The minimum Gasteiger partial charge on any atom is -0.0984 e. The number of fused-ring (bicyclic) bond motifs is 2. The van der Waals surface area contributed by atoms with Crippen LogP contribution in [0.5, 0.6) is 0 Å². The van der Waals surface area contributed by atoms with E-state index >= 15 is 0 Å². The molecule has 142 valence electrons. The molecule has 0 aliphatic rings. The van der Waals surface area contributed by atoms with Gasteiger partial charge in [-0.1, -0.05) is 122 Å². The van der Waals surface area contributed by atoms with Gasteiger partial charge in [-0.05, 0) is 54.9 Å². The third-order valence-corrected chi connectivity index (χ3v) is 5.81.